The summed E-state index contributed by atoms with van der Waals surface area (Å²) in [7, 11) is 0. The van der Waals surface area contributed by atoms with Crippen LogP contribution in [-0.4, -0.2) is 49.5 Å². The maximum Gasteiger partial charge on any atom is 0.222 e. The second-order valence-corrected chi connectivity index (χ2v) is 8.84. The Morgan fingerprint density at radius 3 is 2.72 bits per heavy atom. The first-order valence-corrected chi connectivity index (χ1v) is 10.2. The van der Waals surface area contributed by atoms with Crippen LogP contribution in [0.1, 0.15) is 40.0 Å². The summed E-state index contributed by atoms with van der Waals surface area (Å²) in [5.41, 5.74) is 2.96. The number of hydrogen-bond acceptors (Lipinski definition) is 5. The summed E-state index contributed by atoms with van der Waals surface area (Å²) in [6.45, 7) is 8.16. The average Bonchev–Trinajstić information content (AvgIpc) is 3.27. The van der Waals surface area contributed by atoms with E-state index in [4.69, 9.17) is 5.10 Å². The molecule has 1 amide bonds. The molecule has 3 aromatic heterocycles. The summed E-state index contributed by atoms with van der Waals surface area (Å²) in [5.74, 6) is 1.04. The predicted molar refractivity (Wildman–Crippen MR) is 114 cm³/mol. The quantitative estimate of drug-likeness (QED) is 0.693. The van der Waals surface area contributed by atoms with E-state index in [0.29, 0.717) is 13.0 Å². The van der Waals surface area contributed by atoms with Gasteiger partial charge in [-0.15, -0.1) is 5.10 Å². The van der Waals surface area contributed by atoms with Crippen LogP contribution in [0.15, 0.2) is 42.9 Å². The molecule has 0 bridgehead atoms. The molecule has 3 aromatic rings. The van der Waals surface area contributed by atoms with E-state index >= 15 is 0 Å². The van der Waals surface area contributed by atoms with Crippen LogP contribution in [0.5, 0.6) is 0 Å². The monoisotopic (exact) mass is 392 g/mol. The number of hydrogen-bond donors (Lipinski definition) is 1. The smallest absolute Gasteiger partial charge is 0.222 e. The van der Waals surface area contributed by atoms with E-state index < -0.39 is 0 Å². The Bertz CT molecular complexity index is 991. The van der Waals surface area contributed by atoms with Crippen LogP contribution in [0.25, 0.3) is 16.9 Å². The lowest BCUT2D eigenvalue weighted by Crippen LogP contribution is -2.39. The summed E-state index contributed by atoms with van der Waals surface area (Å²) >= 11 is 0. The van der Waals surface area contributed by atoms with Crippen molar-refractivity contribution in [1.29, 1.82) is 0 Å². The minimum Gasteiger partial charge on any atom is -0.367 e. The number of pyridine rings is 1. The molecular weight excluding hydrogens is 364 g/mol. The highest BCUT2D eigenvalue weighted by atomic mass is 16.2. The number of rotatable bonds is 6. The molecule has 0 spiro atoms. The Morgan fingerprint density at radius 1 is 1.17 bits per heavy atom. The number of amides is 1. The maximum atomic E-state index is 12.3. The molecule has 0 radical (unpaired) electrons. The van der Waals surface area contributed by atoms with Crippen molar-refractivity contribution >= 4 is 17.4 Å². The minimum atomic E-state index is 0.213. The molecule has 1 atom stereocenters. The van der Waals surface area contributed by atoms with Crippen molar-refractivity contribution in [2.75, 3.05) is 18.4 Å². The van der Waals surface area contributed by atoms with Gasteiger partial charge in [0.25, 0.3) is 0 Å². The molecule has 7 heteroatoms. The number of fused-ring (bicyclic) bond motifs is 1. The zero-order chi connectivity index (χ0) is 20.4. The van der Waals surface area contributed by atoms with Crippen molar-refractivity contribution in [2.24, 2.45) is 5.41 Å². The Kier molecular flexibility index (Phi) is 5.22. The number of aromatic nitrogens is 4. The highest BCUT2D eigenvalue weighted by Crippen LogP contribution is 2.25. The van der Waals surface area contributed by atoms with Crippen LogP contribution in [0, 0.1) is 5.41 Å². The molecule has 1 aliphatic heterocycles. The first-order valence-electron chi connectivity index (χ1n) is 10.2. The van der Waals surface area contributed by atoms with E-state index in [1.54, 1.807) is 12.4 Å². The fourth-order valence-corrected chi connectivity index (χ4v) is 3.68. The van der Waals surface area contributed by atoms with Gasteiger partial charge in [0, 0.05) is 43.5 Å². The Labute approximate surface area is 171 Å². The lowest BCUT2D eigenvalue weighted by atomic mass is 9.92. The van der Waals surface area contributed by atoms with Crippen LogP contribution in [0.4, 0.5) is 5.82 Å². The van der Waals surface area contributed by atoms with E-state index in [-0.39, 0.29) is 17.4 Å². The van der Waals surface area contributed by atoms with Gasteiger partial charge in [-0.2, -0.15) is 0 Å². The van der Waals surface area contributed by atoms with E-state index in [2.05, 4.69) is 36.1 Å². The van der Waals surface area contributed by atoms with Crippen LogP contribution in [0.2, 0.25) is 0 Å². The molecule has 4 rings (SSSR count). The number of nitrogens with one attached hydrogen (secondary N) is 1. The Balaban J connectivity index is 1.47. The first kappa shape index (κ1) is 19.4. The van der Waals surface area contributed by atoms with E-state index in [0.717, 1.165) is 42.1 Å². The molecule has 1 unspecified atom stereocenters. The molecular formula is C22H28N6O. The number of imidazole rings is 1. The van der Waals surface area contributed by atoms with Gasteiger partial charge in [-0.25, -0.2) is 9.50 Å². The van der Waals surface area contributed by atoms with Crippen molar-refractivity contribution in [2.45, 2.75) is 46.1 Å². The maximum absolute atomic E-state index is 12.3. The Hall–Kier alpha value is -2.96. The fourth-order valence-electron chi connectivity index (χ4n) is 3.68. The molecule has 1 aliphatic rings. The molecule has 4 heterocycles. The van der Waals surface area contributed by atoms with Crippen LogP contribution < -0.4 is 5.32 Å². The van der Waals surface area contributed by atoms with Gasteiger partial charge in [-0.05, 0) is 42.5 Å². The summed E-state index contributed by atoms with van der Waals surface area (Å²) in [6, 6.07) is 8.00. The van der Waals surface area contributed by atoms with Gasteiger partial charge in [-0.3, -0.25) is 9.78 Å². The van der Waals surface area contributed by atoms with Crippen LogP contribution in [-0.2, 0) is 4.79 Å². The van der Waals surface area contributed by atoms with Crippen LogP contribution >= 0.6 is 0 Å². The molecule has 152 valence electrons. The van der Waals surface area contributed by atoms with Crippen LogP contribution in [0.3, 0.4) is 0 Å². The molecule has 0 saturated carbocycles. The Morgan fingerprint density at radius 2 is 1.97 bits per heavy atom. The molecule has 7 nitrogen and oxygen atoms in total. The minimum absolute atomic E-state index is 0.213. The zero-order valence-corrected chi connectivity index (χ0v) is 17.3. The predicted octanol–water partition coefficient (Wildman–Crippen LogP) is 3.63. The number of nitrogens with zero attached hydrogens (tertiary/aromatic N) is 5. The first-order chi connectivity index (χ1) is 13.9. The van der Waals surface area contributed by atoms with E-state index in [1.165, 1.54) is 0 Å². The number of carbonyl (C=O) groups is 1. The molecule has 1 saturated heterocycles. The van der Waals surface area contributed by atoms with Gasteiger partial charge in [0.15, 0.2) is 5.65 Å². The number of carbonyl (C=O) groups excluding carboxylic acids is 1. The third-order valence-electron chi connectivity index (χ3n) is 5.41. The fraction of sp³-hybridized carbons (Fsp3) is 0.455. The number of anilines is 1. The number of likely N-dealkylation sites (tertiary alicyclic amines) is 1. The van der Waals surface area contributed by atoms with Crippen molar-refractivity contribution in [3.8, 4) is 11.3 Å². The lowest BCUT2D eigenvalue weighted by molar-refractivity contribution is -0.129. The normalized spacial score (nSPS) is 17.3. The second-order valence-electron chi connectivity index (χ2n) is 8.84. The highest BCUT2D eigenvalue weighted by molar-refractivity contribution is 5.78. The lowest BCUT2D eigenvalue weighted by Gasteiger charge is -2.28. The highest BCUT2D eigenvalue weighted by Gasteiger charge is 2.31. The second kappa shape index (κ2) is 7.81. The molecule has 0 aromatic carbocycles. The summed E-state index contributed by atoms with van der Waals surface area (Å²) in [6.07, 6.45) is 7.89. The molecule has 1 fully saturated rings. The molecule has 0 aliphatic carbocycles. The standard InChI is InChI=1S/C22H28N6O/c1-22(2,3)10-13-27-17(4-7-21(27)29)14-24-19-5-6-20-25-15-18(28(20)26-19)16-8-11-23-12-9-16/h5-6,8-9,11-12,15,17H,4,7,10,13-14H2,1-3H3,(H,24,26). The third-order valence-corrected chi connectivity index (χ3v) is 5.41. The van der Waals surface area contributed by atoms with Gasteiger partial charge < -0.3 is 10.2 Å². The van der Waals surface area contributed by atoms with Gasteiger partial charge in [0.2, 0.25) is 5.91 Å². The van der Waals surface area contributed by atoms with E-state index in [9.17, 15) is 4.79 Å². The largest absolute Gasteiger partial charge is 0.367 e. The topological polar surface area (TPSA) is 75.4 Å². The van der Waals surface area contributed by atoms with Gasteiger partial charge in [0.1, 0.15) is 5.82 Å². The van der Waals surface area contributed by atoms with Gasteiger partial charge >= 0.3 is 0 Å². The summed E-state index contributed by atoms with van der Waals surface area (Å²) < 4.78 is 1.84. The van der Waals surface area contributed by atoms with E-state index in [1.807, 2.05) is 39.9 Å². The third kappa shape index (κ3) is 4.39. The van der Waals surface area contributed by atoms with Crippen molar-refractivity contribution < 1.29 is 4.79 Å². The average molecular weight is 393 g/mol. The van der Waals surface area contributed by atoms with Gasteiger partial charge in [0.05, 0.1) is 11.9 Å². The van der Waals surface area contributed by atoms with Crippen molar-refractivity contribution in [1.82, 2.24) is 24.5 Å². The van der Waals surface area contributed by atoms with Crippen molar-refractivity contribution in [3.05, 3.63) is 42.9 Å². The molecule has 1 N–H and O–H groups in total. The van der Waals surface area contributed by atoms with Gasteiger partial charge in [-0.1, -0.05) is 20.8 Å². The zero-order valence-electron chi connectivity index (χ0n) is 17.3. The van der Waals surface area contributed by atoms with Crippen molar-refractivity contribution in [3.63, 3.8) is 0 Å². The molecule has 29 heavy (non-hydrogen) atoms. The summed E-state index contributed by atoms with van der Waals surface area (Å²) in [4.78, 5) is 22.9. The SMILES string of the molecule is CC(C)(C)CCN1C(=O)CCC1CNc1ccc2ncc(-c3ccncc3)n2n1. The summed E-state index contributed by atoms with van der Waals surface area (Å²) in [5, 5.41) is 8.15.